The summed E-state index contributed by atoms with van der Waals surface area (Å²) in [5.74, 6) is 0.104. The van der Waals surface area contributed by atoms with Gasteiger partial charge in [0.1, 0.15) is 5.15 Å². The van der Waals surface area contributed by atoms with Crippen LogP contribution in [0.2, 0.25) is 5.15 Å². The number of nitrogens with one attached hydrogen (secondary N) is 1. The molecule has 1 aromatic carbocycles. The molecule has 8 nitrogen and oxygen atoms in total. The maximum Gasteiger partial charge on any atom is 0.340 e. The molecule has 152 valence electrons. The van der Waals surface area contributed by atoms with Crippen LogP contribution in [0.3, 0.4) is 0 Å². The zero-order valence-corrected chi connectivity index (χ0v) is 16.3. The number of ether oxygens (including phenoxy) is 3. The average molecular weight is 426 g/mol. The Bertz CT molecular complexity index is 1060. The SMILES string of the molecule is O=C(O[C@H](C(=O)NCc1ccc2c(c1)OCO2)c1ccncc1)c1ccc(Cl)nc1. The van der Waals surface area contributed by atoms with Crippen molar-refractivity contribution >= 4 is 23.5 Å². The van der Waals surface area contributed by atoms with Crippen LogP contribution in [-0.4, -0.2) is 28.6 Å². The number of hydrogen-bond donors (Lipinski definition) is 1. The molecule has 3 aromatic rings. The molecule has 0 unspecified atom stereocenters. The van der Waals surface area contributed by atoms with Crippen molar-refractivity contribution in [2.45, 2.75) is 12.6 Å². The van der Waals surface area contributed by atoms with Crippen LogP contribution in [0.4, 0.5) is 0 Å². The molecule has 0 spiro atoms. The molecule has 1 amide bonds. The number of benzene rings is 1. The van der Waals surface area contributed by atoms with Crippen LogP contribution in [0.15, 0.2) is 61.1 Å². The first kappa shape index (κ1) is 19.7. The van der Waals surface area contributed by atoms with E-state index in [-0.39, 0.29) is 24.1 Å². The summed E-state index contributed by atoms with van der Waals surface area (Å²) < 4.78 is 16.1. The Hall–Kier alpha value is -3.65. The predicted octanol–water partition coefficient (Wildman–Crippen LogP) is 3.07. The van der Waals surface area contributed by atoms with Gasteiger partial charge in [-0.3, -0.25) is 9.78 Å². The Morgan fingerprint density at radius 1 is 1.10 bits per heavy atom. The third kappa shape index (κ3) is 4.49. The second-order valence-corrected chi connectivity index (χ2v) is 6.73. The van der Waals surface area contributed by atoms with Crippen LogP contribution < -0.4 is 14.8 Å². The topological polar surface area (TPSA) is 99.6 Å². The van der Waals surface area contributed by atoms with Crippen molar-refractivity contribution in [1.82, 2.24) is 15.3 Å². The molecule has 0 radical (unpaired) electrons. The molecule has 3 heterocycles. The van der Waals surface area contributed by atoms with Gasteiger partial charge in [0.15, 0.2) is 11.5 Å². The molecule has 30 heavy (non-hydrogen) atoms. The van der Waals surface area contributed by atoms with Gasteiger partial charge < -0.3 is 19.5 Å². The minimum absolute atomic E-state index is 0.171. The molecule has 1 aliphatic rings. The quantitative estimate of drug-likeness (QED) is 0.478. The maximum atomic E-state index is 12.9. The first-order chi connectivity index (χ1) is 14.6. The maximum absolute atomic E-state index is 12.9. The van der Waals surface area contributed by atoms with E-state index in [0.29, 0.717) is 17.1 Å². The third-order valence-corrected chi connectivity index (χ3v) is 4.56. The van der Waals surface area contributed by atoms with Gasteiger partial charge in [-0.1, -0.05) is 17.7 Å². The molecule has 0 aliphatic carbocycles. The fourth-order valence-electron chi connectivity index (χ4n) is 2.82. The molecule has 0 saturated carbocycles. The van der Waals surface area contributed by atoms with Crippen LogP contribution in [0.1, 0.15) is 27.6 Å². The van der Waals surface area contributed by atoms with E-state index in [9.17, 15) is 9.59 Å². The predicted molar refractivity (Wildman–Crippen MR) is 106 cm³/mol. The Morgan fingerprint density at radius 3 is 2.67 bits per heavy atom. The van der Waals surface area contributed by atoms with Gasteiger partial charge in [-0.25, -0.2) is 9.78 Å². The summed E-state index contributed by atoms with van der Waals surface area (Å²) in [6.07, 6.45) is 3.17. The number of carbonyl (C=O) groups excluding carboxylic acids is 2. The Kier molecular flexibility index (Phi) is 5.76. The van der Waals surface area contributed by atoms with Gasteiger partial charge in [0.25, 0.3) is 5.91 Å². The number of carbonyl (C=O) groups is 2. The highest BCUT2D eigenvalue weighted by Crippen LogP contribution is 2.32. The van der Waals surface area contributed by atoms with Crippen molar-refractivity contribution in [2.75, 3.05) is 6.79 Å². The minimum atomic E-state index is -1.16. The van der Waals surface area contributed by atoms with E-state index < -0.39 is 18.0 Å². The first-order valence-electron chi connectivity index (χ1n) is 8.99. The minimum Gasteiger partial charge on any atom is -0.454 e. The molecule has 0 bridgehead atoms. The summed E-state index contributed by atoms with van der Waals surface area (Å²) in [6, 6.07) is 11.6. The number of esters is 1. The largest absolute Gasteiger partial charge is 0.454 e. The van der Waals surface area contributed by atoms with Crippen LogP contribution in [-0.2, 0) is 16.1 Å². The second-order valence-electron chi connectivity index (χ2n) is 6.34. The van der Waals surface area contributed by atoms with Gasteiger partial charge in [0.05, 0.1) is 5.56 Å². The molecule has 1 aliphatic heterocycles. The molecular weight excluding hydrogens is 410 g/mol. The number of aromatic nitrogens is 2. The number of rotatable bonds is 6. The number of amides is 1. The molecular formula is C21H16ClN3O5. The van der Waals surface area contributed by atoms with Crippen molar-refractivity contribution in [1.29, 1.82) is 0 Å². The van der Waals surface area contributed by atoms with Crippen molar-refractivity contribution in [3.05, 3.63) is 82.9 Å². The Balaban J connectivity index is 1.48. The van der Waals surface area contributed by atoms with Crippen LogP contribution >= 0.6 is 11.6 Å². The normalized spacial score (nSPS) is 12.8. The van der Waals surface area contributed by atoms with Crippen LogP contribution in [0, 0.1) is 0 Å². The average Bonchev–Trinajstić information content (AvgIpc) is 3.24. The van der Waals surface area contributed by atoms with Gasteiger partial charge in [-0.2, -0.15) is 0 Å². The van der Waals surface area contributed by atoms with E-state index in [1.165, 1.54) is 30.7 Å². The number of nitrogens with zero attached hydrogens (tertiary/aromatic N) is 2. The number of halogens is 1. The van der Waals surface area contributed by atoms with Crippen molar-refractivity contribution in [2.24, 2.45) is 0 Å². The van der Waals surface area contributed by atoms with E-state index in [1.807, 2.05) is 6.07 Å². The summed E-state index contributed by atoms with van der Waals surface area (Å²) in [5, 5.41) is 3.03. The fraction of sp³-hybridized carbons (Fsp3) is 0.143. The summed E-state index contributed by atoms with van der Waals surface area (Å²) in [7, 11) is 0. The van der Waals surface area contributed by atoms with E-state index in [0.717, 1.165) is 5.56 Å². The van der Waals surface area contributed by atoms with Crippen molar-refractivity contribution in [3.63, 3.8) is 0 Å². The summed E-state index contributed by atoms with van der Waals surface area (Å²) in [6.45, 7) is 0.391. The molecule has 9 heteroatoms. The molecule has 1 atom stereocenters. The van der Waals surface area contributed by atoms with Gasteiger partial charge in [0.2, 0.25) is 12.9 Å². The summed E-state index contributed by atoms with van der Waals surface area (Å²) in [5.41, 5.74) is 1.49. The molecule has 0 saturated heterocycles. The van der Waals surface area contributed by atoms with Crippen LogP contribution in [0.25, 0.3) is 0 Å². The highest BCUT2D eigenvalue weighted by atomic mass is 35.5. The van der Waals surface area contributed by atoms with Crippen LogP contribution in [0.5, 0.6) is 11.5 Å². The molecule has 4 rings (SSSR count). The second kappa shape index (κ2) is 8.79. The highest BCUT2D eigenvalue weighted by Gasteiger charge is 2.26. The zero-order chi connectivity index (χ0) is 20.9. The van der Waals surface area contributed by atoms with Crippen molar-refractivity contribution < 1.29 is 23.8 Å². The number of pyridine rings is 2. The standard InChI is InChI=1S/C21H16ClN3O5/c22-18-4-2-15(11-24-18)21(27)30-19(14-5-7-23-8-6-14)20(26)25-10-13-1-3-16-17(9-13)29-12-28-16/h1-9,11,19H,10,12H2,(H,25,26)/t19-/m0/s1. The van der Waals surface area contributed by atoms with Gasteiger partial charge in [-0.15, -0.1) is 0 Å². The molecule has 0 fully saturated rings. The third-order valence-electron chi connectivity index (χ3n) is 4.34. The monoisotopic (exact) mass is 425 g/mol. The Morgan fingerprint density at radius 2 is 1.90 bits per heavy atom. The zero-order valence-electron chi connectivity index (χ0n) is 15.6. The van der Waals surface area contributed by atoms with E-state index in [2.05, 4.69) is 15.3 Å². The fourth-order valence-corrected chi connectivity index (χ4v) is 2.93. The Labute approximate surface area is 176 Å². The molecule has 2 aromatic heterocycles. The smallest absolute Gasteiger partial charge is 0.340 e. The van der Waals surface area contributed by atoms with Crippen molar-refractivity contribution in [3.8, 4) is 11.5 Å². The van der Waals surface area contributed by atoms with E-state index in [1.54, 1.807) is 24.3 Å². The van der Waals surface area contributed by atoms with E-state index in [4.69, 9.17) is 25.8 Å². The number of fused-ring (bicyclic) bond motifs is 1. The number of hydrogen-bond acceptors (Lipinski definition) is 7. The summed E-state index contributed by atoms with van der Waals surface area (Å²) in [4.78, 5) is 33.2. The van der Waals surface area contributed by atoms with E-state index >= 15 is 0 Å². The lowest BCUT2D eigenvalue weighted by Gasteiger charge is -2.18. The lowest BCUT2D eigenvalue weighted by Crippen LogP contribution is -2.32. The lowest BCUT2D eigenvalue weighted by atomic mass is 10.1. The summed E-state index contributed by atoms with van der Waals surface area (Å²) >= 11 is 5.75. The van der Waals surface area contributed by atoms with Gasteiger partial charge >= 0.3 is 5.97 Å². The van der Waals surface area contributed by atoms with Gasteiger partial charge in [-0.05, 0) is 42.0 Å². The highest BCUT2D eigenvalue weighted by molar-refractivity contribution is 6.29. The molecule has 1 N–H and O–H groups in total. The first-order valence-corrected chi connectivity index (χ1v) is 9.36. The van der Waals surface area contributed by atoms with Gasteiger partial charge in [0, 0.05) is 30.7 Å². The lowest BCUT2D eigenvalue weighted by molar-refractivity contribution is -0.130.